The van der Waals surface area contributed by atoms with E-state index in [-0.39, 0.29) is 11.4 Å². The quantitative estimate of drug-likeness (QED) is 0.824. The van der Waals surface area contributed by atoms with Gasteiger partial charge in [-0.2, -0.15) is 13.2 Å². The standard InChI is InChI=1S/C10H13F3N2O3S/c1-6-3-8(18-2)9(4-7(6)14)19(16,17)15-5-10(11,12)13/h3-4,15H,5,14H2,1-2H3. The molecule has 0 saturated carbocycles. The molecule has 108 valence electrons. The molecule has 5 nitrogen and oxygen atoms in total. The molecule has 1 aromatic carbocycles. The molecule has 3 N–H and O–H groups in total. The van der Waals surface area contributed by atoms with Crippen molar-refractivity contribution in [3.63, 3.8) is 0 Å². The number of hydrogen-bond acceptors (Lipinski definition) is 4. The Bertz CT molecular complexity index is 570. The highest BCUT2D eigenvalue weighted by molar-refractivity contribution is 7.89. The average Bonchev–Trinajstić information content (AvgIpc) is 2.28. The third-order valence-electron chi connectivity index (χ3n) is 2.30. The monoisotopic (exact) mass is 298 g/mol. The predicted octanol–water partition coefficient (Wildman–Crippen LogP) is 1.43. The zero-order chi connectivity index (χ0) is 14.8. The van der Waals surface area contributed by atoms with Gasteiger partial charge in [0, 0.05) is 5.69 Å². The number of nitrogens with one attached hydrogen (secondary N) is 1. The van der Waals surface area contributed by atoms with Crippen LogP contribution in [0.1, 0.15) is 5.56 Å². The van der Waals surface area contributed by atoms with Gasteiger partial charge in [-0.05, 0) is 24.6 Å². The van der Waals surface area contributed by atoms with Gasteiger partial charge < -0.3 is 10.5 Å². The number of aryl methyl sites for hydroxylation is 1. The number of nitrogens with two attached hydrogens (primary N) is 1. The van der Waals surface area contributed by atoms with Gasteiger partial charge in [-0.25, -0.2) is 13.1 Å². The van der Waals surface area contributed by atoms with Crippen LogP contribution in [0.25, 0.3) is 0 Å². The van der Waals surface area contributed by atoms with Crippen LogP contribution in [0.15, 0.2) is 17.0 Å². The lowest BCUT2D eigenvalue weighted by Gasteiger charge is -2.13. The summed E-state index contributed by atoms with van der Waals surface area (Å²) in [7, 11) is -3.13. The van der Waals surface area contributed by atoms with Gasteiger partial charge in [0.2, 0.25) is 10.0 Å². The van der Waals surface area contributed by atoms with Gasteiger partial charge in [0.1, 0.15) is 17.2 Å². The molecule has 9 heteroatoms. The molecule has 0 amide bonds. The number of methoxy groups -OCH3 is 1. The van der Waals surface area contributed by atoms with Crippen molar-refractivity contribution in [2.75, 3.05) is 19.4 Å². The van der Waals surface area contributed by atoms with Crippen LogP contribution >= 0.6 is 0 Å². The van der Waals surface area contributed by atoms with Crippen molar-refractivity contribution in [3.8, 4) is 5.75 Å². The molecule has 0 aliphatic rings. The molecule has 0 unspecified atom stereocenters. The largest absolute Gasteiger partial charge is 0.495 e. The third kappa shape index (κ3) is 4.00. The van der Waals surface area contributed by atoms with Crippen molar-refractivity contribution in [3.05, 3.63) is 17.7 Å². The first kappa shape index (κ1) is 15.6. The van der Waals surface area contributed by atoms with E-state index in [9.17, 15) is 21.6 Å². The van der Waals surface area contributed by atoms with Crippen molar-refractivity contribution in [2.24, 2.45) is 0 Å². The van der Waals surface area contributed by atoms with Crippen LogP contribution in [0.4, 0.5) is 18.9 Å². The van der Waals surface area contributed by atoms with E-state index in [2.05, 4.69) is 0 Å². The van der Waals surface area contributed by atoms with Gasteiger partial charge in [-0.1, -0.05) is 0 Å². The fraction of sp³-hybridized carbons (Fsp3) is 0.400. The minimum Gasteiger partial charge on any atom is -0.495 e. The maximum atomic E-state index is 12.0. The molecule has 0 aliphatic carbocycles. The Morgan fingerprint density at radius 3 is 2.42 bits per heavy atom. The highest BCUT2D eigenvalue weighted by Crippen LogP contribution is 2.29. The lowest BCUT2D eigenvalue weighted by molar-refractivity contribution is -0.121. The number of anilines is 1. The van der Waals surface area contributed by atoms with E-state index in [1.165, 1.54) is 17.9 Å². The summed E-state index contributed by atoms with van der Waals surface area (Å²) < 4.78 is 66.0. The Balaban J connectivity index is 3.17. The fourth-order valence-electron chi connectivity index (χ4n) is 1.30. The van der Waals surface area contributed by atoms with E-state index >= 15 is 0 Å². The summed E-state index contributed by atoms with van der Waals surface area (Å²) in [4.78, 5) is -0.428. The number of rotatable bonds is 4. The number of hydrogen-bond donors (Lipinski definition) is 2. The van der Waals surface area contributed by atoms with Gasteiger partial charge in [0.15, 0.2) is 0 Å². The summed E-state index contributed by atoms with van der Waals surface area (Å²) in [6.07, 6.45) is -4.64. The second kappa shape index (κ2) is 5.25. The summed E-state index contributed by atoms with van der Waals surface area (Å²) in [5, 5.41) is 0. The Labute approximate surface area is 108 Å². The van der Waals surface area contributed by atoms with E-state index in [0.717, 1.165) is 6.07 Å². The third-order valence-corrected chi connectivity index (χ3v) is 3.73. The molecule has 19 heavy (non-hydrogen) atoms. The van der Waals surface area contributed by atoms with E-state index in [1.807, 2.05) is 0 Å². The number of benzene rings is 1. The molecule has 0 radical (unpaired) electrons. The van der Waals surface area contributed by atoms with Crippen molar-refractivity contribution in [2.45, 2.75) is 18.0 Å². The first-order chi connectivity index (χ1) is 8.57. The summed E-state index contributed by atoms with van der Waals surface area (Å²) in [6.45, 7) is -0.0380. The van der Waals surface area contributed by atoms with E-state index in [4.69, 9.17) is 10.5 Å². The SMILES string of the molecule is COc1cc(C)c(N)cc1S(=O)(=O)NCC(F)(F)F. The van der Waals surface area contributed by atoms with Crippen LogP contribution < -0.4 is 15.2 Å². The highest BCUT2D eigenvalue weighted by Gasteiger charge is 2.31. The zero-order valence-electron chi connectivity index (χ0n) is 10.2. The molecule has 0 fully saturated rings. The van der Waals surface area contributed by atoms with Crippen molar-refractivity contribution in [1.82, 2.24) is 4.72 Å². The van der Waals surface area contributed by atoms with Crippen LogP contribution in [-0.2, 0) is 10.0 Å². The normalized spacial score (nSPS) is 12.5. The Kier molecular flexibility index (Phi) is 4.31. The highest BCUT2D eigenvalue weighted by atomic mass is 32.2. The van der Waals surface area contributed by atoms with Crippen LogP contribution in [0, 0.1) is 6.92 Å². The number of halogens is 3. The zero-order valence-corrected chi connectivity index (χ0v) is 11.0. The molecule has 1 aromatic rings. The van der Waals surface area contributed by atoms with Crippen LogP contribution in [0.2, 0.25) is 0 Å². The van der Waals surface area contributed by atoms with Gasteiger partial charge in [-0.3, -0.25) is 0 Å². The minimum atomic E-state index is -4.64. The van der Waals surface area contributed by atoms with Crippen LogP contribution in [0.3, 0.4) is 0 Å². The molecule has 0 bridgehead atoms. The van der Waals surface area contributed by atoms with Gasteiger partial charge >= 0.3 is 6.18 Å². The van der Waals surface area contributed by atoms with E-state index in [1.54, 1.807) is 6.92 Å². The maximum Gasteiger partial charge on any atom is 0.402 e. The van der Waals surface area contributed by atoms with Gasteiger partial charge in [0.05, 0.1) is 7.11 Å². The summed E-state index contributed by atoms with van der Waals surface area (Å²) in [6, 6.07) is 2.41. The minimum absolute atomic E-state index is 0.0682. The Morgan fingerprint density at radius 2 is 1.95 bits per heavy atom. The molecular weight excluding hydrogens is 285 g/mol. The van der Waals surface area contributed by atoms with Crippen molar-refractivity contribution >= 4 is 15.7 Å². The Morgan fingerprint density at radius 1 is 1.37 bits per heavy atom. The second-order valence-electron chi connectivity index (χ2n) is 3.80. The molecule has 0 aliphatic heterocycles. The van der Waals surface area contributed by atoms with Gasteiger partial charge in [0.25, 0.3) is 0 Å². The number of nitrogen functional groups attached to an aromatic ring is 1. The van der Waals surface area contributed by atoms with Crippen molar-refractivity contribution in [1.29, 1.82) is 0 Å². The predicted molar refractivity (Wildman–Crippen MR) is 63.4 cm³/mol. The second-order valence-corrected chi connectivity index (χ2v) is 5.53. The lowest BCUT2D eigenvalue weighted by Crippen LogP contribution is -2.34. The van der Waals surface area contributed by atoms with Gasteiger partial charge in [-0.15, -0.1) is 0 Å². The lowest BCUT2D eigenvalue weighted by atomic mass is 10.2. The summed E-state index contributed by atoms with van der Waals surface area (Å²) in [5.74, 6) is -0.0682. The summed E-state index contributed by atoms with van der Waals surface area (Å²) in [5.41, 5.74) is 6.26. The fourth-order valence-corrected chi connectivity index (χ4v) is 2.50. The van der Waals surface area contributed by atoms with Crippen molar-refractivity contribution < 1.29 is 26.3 Å². The molecule has 0 spiro atoms. The molecule has 0 aromatic heterocycles. The van der Waals surface area contributed by atoms with E-state index in [0.29, 0.717) is 5.56 Å². The molecule has 0 atom stereocenters. The topological polar surface area (TPSA) is 81.4 Å². The molecule has 1 rings (SSSR count). The smallest absolute Gasteiger partial charge is 0.402 e. The number of ether oxygens (including phenoxy) is 1. The molecular formula is C10H13F3N2O3S. The number of alkyl halides is 3. The van der Waals surface area contributed by atoms with E-state index < -0.39 is 27.6 Å². The summed E-state index contributed by atoms with van der Waals surface area (Å²) >= 11 is 0. The maximum absolute atomic E-state index is 12.0. The first-order valence-corrected chi connectivity index (χ1v) is 6.55. The van der Waals surface area contributed by atoms with Crippen LogP contribution in [0.5, 0.6) is 5.75 Å². The molecule has 0 saturated heterocycles. The Hall–Kier alpha value is -1.48. The number of sulfonamides is 1. The first-order valence-electron chi connectivity index (χ1n) is 5.07. The van der Waals surface area contributed by atoms with Crippen LogP contribution in [-0.4, -0.2) is 28.2 Å². The average molecular weight is 298 g/mol. The molecule has 0 heterocycles.